The third-order valence-corrected chi connectivity index (χ3v) is 9.05. The molecule has 35 heavy (non-hydrogen) atoms. The largest absolute Gasteiger partial charge is 0.424 e. The summed E-state index contributed by atoms with van der Waals surface area (Å²) < 4.78 is 2.78. The second-order valence-corrected chi connectivity index (χ2v) is 10.6. The number of hydrogen-bond donors (Lipinski definition) is 2. The van der Waals surface area contributed by atoms with Crippen LogP contribution in [0.4, 0.5) is 34.1 Å². The topological polar surface area (TPSA) is 30.5 Å². The Hall–Kier alpha value is -4.09. The summed E-state index contributed by atoms with van der Waals surface area (Å²) in [5.74, 6) is 0. The molecular formula is C28H18B2N4S. The third kappa shape index (κ3) is 2.16. The van der Waals surface area contributed by atoms with Gasteiger partial charge in [-0.2, -0.15) is 11.3 Å². The lowest BCUT2D eigenvalue weighted by atomic mass is 9.62. The third-order valence-electron chi connectivity index (χ3n) is 7.75. The van der Waals surface area contributed by atoms with E-state index in [1.807, 2.05) is 11.3 Å². The van der Waals surface area contributed by atoms with E-state index < -0.39 is 0 Å². The number of nitrogens with one attached hydrogen (secondary N) is 2. The number of hydrogen-bond acceptors (Lipinski definition) is 5. The lowest BCUT2D eigenvalue weighted by molar-refractivity contribution is 1.40. The molecule has 0 amide bonds. The van der Waals surface area contributed by atoms with E-state index in [2.05, 4.69) is 117 Å². The zero-order valence-corrected chi connectivity index (χ0v) is 19.5. The Kier molecular flexibility index (Phi) is 3.30. The fourth-order valence-electron chi connectivity index (χ4n) is 6.39. The first-order valence-electron chi connectivity index (χ1n) is 12.0. The van der Waals surface area contributed by atoms with E-state index in [0.29, 0.717) is 0 Å². The molecule has 0 aliphatic carbocycles. The summed E-state index contributed by atoms with van der Waals surface area (Å²) in [5, 5.41) is 7.69. The quantitative estimate of drug-likeness (QED) is 0.291. The molecule has 4 aliphatic rings. The Morgan fingerprint density at radius 1 is 0.486 bits per heavy atom. The molecule has 0 saturated heterocycles. The van der Waals surface area contributed by atoms with Crippen molar-refractivity contribution in [2.24, 2.45) is 0 Å². The van der Waals surface area contributed by atoms with Crippen molar-refractivity contribution in [1.29, 1.82) is 0 Å². The molecule has 4 aromatic carbocycles. The van der Waals surface area contributed by atoms with E-state index in [-0.39, 0.29) is 14.0 Å². The number of anilines is 6. The highest BCUT2D eigenvalue weighted by Crippen LogP contribution is 2.53. The van der Waals surface area contributed by atoms with Crippen molar-refractivity contribution < 1.29 is 0 Å². The second-order valence-electron chi connectivity index (χ2n) is 9.48. The van der Waals surface area contributed by atoms with E-state index in [0.717, 1.165) is 0 Å². The average molecular weight is 464 g/mol. The molecular weight excluding hydrogens is 446 g/mol. The molecule has 0 bridgehead atoms. The Morgan fingerprint density at radius 2 is 0.886 bits per heavy atom. The highest BCUT2D eigenvalue weighted by Gasteiger charge is 2.50. The summed E-state index contributed by atoms with van der Waals surface area (Å²) in [6.45, 7) is 0.189. The molecule has 5 heterocycles. The van der Waals surface area contributed by atoms with Gasteiger partial charge >= 0.3 is 14.0 Å². The molecule has 7 heteroatoms. The highest BCUT2D eigenvalue weighted by atomic mass is 32.1. The fraction of sp³-hybridized carbons (Fsp3) is 0. The smallest absolute Gasteiger partial charge is 0.403 e. The average Bonchev–Trinajstić information content (AvgIpc) is 3.60. The minimum atomic E-state index is 0.0947. The molecule has 0 atom stereocenters. The summed E-state index contributed by atoms with van der Waals surface area (Å²) in [4.78, 5) is 4.96. The maximum absolute atomic E-state index is 3.85. The number of fused-ring (bicyclic) bond motifs is 17. The number of nitrogens with zero attached hydrogens (tertiary/aromatic N) is 2. The Labute approximate surface area is 208 Å². The van der Waals surface area contributed by atoms with Gasteiger partial charge in [-0.05, 0) is 36.4 Å². The van der Waals surface area contributed by atoms with Gasteiger partial charge in [0.15, 0.2) is 0 Å². The molecule has 0 unspecified atom stereocenters. The standard InChI is InChI=1S/C28H18B2N4S/c1-5-13-21-17(9-1)25-26-18-10-2-6-14-22(18)34-24-16-8-4-12-20(24)32-30(34)28(26)35-27(25)29-31-19-11-3-7-15-23(19)33(21)29/h1-16,31-32H. The van der Waals surface area contributed by atoms with Crippen molar-refractivity contribution in [1.82, 2.24) is 0 Å². The van der Waals surface area contributed by atoms with Gasteiger partial charge in [-0.1, -0.05) is 60.7 Å². The highest BCUT2D eigenvalue weighted by molar-refractivity contribution is 7.35. The van der Waals surface area contributed by atoms with E-state index in [1.54, 1.807) is 0 Å². The van der Waals surface area contributed by atoms with Crippen LogP contribution in [-0.4, -0.2) is 14.0 Å². The summed E-state index contributed by atoms with van der Waals surface area (Å²) >= 11 is 1.95. The van der Waals surface area contributed by atoms with Crippen molar-refractivity contribution in [2.45, 2.75) is 0 Å². The first-order valence-corrected chi connectivity index (χ1v) is 12.8. The molecule has 0 spiro atoms. The number of thiophene rings is 1. The first-order chi connectivity index (χ1) is 17.4. The van der Waals surface area contributed by atoms with Gasteiger partial charge in [0.2, 0.25) is 0 Å². The van der Waals surface area contributed by atoms with Gasteiger partial charge in [-0.15, -0.1) is 0 Å². The number of benzene rings is 4. The van der Waals surface area contributed by atoms with E-state index in [1.165, 1.54) is 65.9 Å². The van der Waals surface area contributed by atoms with Crippen molar-refractivity contribution >= 4 is 69.0 Å². The molecule has 0 saturated carbocycles. The van der Waals surface area contributed by atoms with Gasteiger partial charge in [0.1, 0.15) is 0 Å². The lowest BCUT2D eigenvalue weighted by Crippen LogP contribution is -2.50. The Morgan fingerprint density at radius 3 is 1.37 bits per heavy atom. The number of rotatable bonds is 0. The van der Waals surface area contributed by atoms with Gasteiger partial charge in [-0.3, -0.25) is 0 Å². The second kappa shape index (κ2) is 6.32. The minimum absolute atomic E-state index is 0.0947. The van der Waals surface area contributed by atoms with Gasteiger partial charge in [-0.25, -0.2) is 0 Å². The monoisotopic (exact) mass is 464 g/mol. The van der Waals surface area contributed by atoms with Gasteiger partial charge in [0.05, 0.1) is 11.4 Å². The van der Waals surface area contributed by atoms with Gasteiger partial charge in [0.25, 0.3) is 0 Å². The van der Waals surface area contributed by atoms with Crippen molar-refractivity contribution in [3.05, 3.63) is 97.1 Å². The molecule has 4 nitrogen and oxygen atoms in total. The molecule has 9 rings (SSSR count). The lowest BCUT2D eigenvalue weighted by Gasteiger charge is -2.33. The maximum atomic E-state index is 3.85. The van der Waals surface area contributed by atoms with Crippen LogP contribution in [0.25, 0.3) is 22.3 Å². The summed E-state index contributed by atoms with van der Waals surface area (Å²) in [6, 6.07) is 35.1. The molecule has 0 radical (unpaired) electrons. The van der Waals surface area contributed by atoms with Crippen LogP contribution in [0, 0.1) is 0 Å². The Bertz CT molecular complexity index is 1590. The van der Waals surface area contributed by atoms with E-state index in [9.17, 15) is 0 Å². The van der Waals surface area contributed by atoms with Crippen LogP contribution in [0.1, 0.15) is 0 Å². The zero-order chi connectivity index (χ0) is 22.7. The van der Waals surface area contributed by atoms with Gasteiger partial charge in [0, 0.05) is 54.6 Å². The van der Waals surface area contributed by atoms with Crippen LogP contribution in [0.3, 0.4) is 0 Å². The van der Waals surface area contributed by atoms with Crippen LogP contribution in [-0.2, 0) is 0 Å². The predicted molar refractivity (Wildman–Crippen MR) is 150 cm³/mol. The van der Waals surface area contributed by atoms with E-state index in [4.69, 9.17) is 0 Å². The molecule has 4 aliphatic heterocycles. The minimum Gasteiger partial charge on any atom is -0.403 e. The van der Waals surface area contributed by atoms with Crippen LogP contribution >= 0.6 is 11.3 Å². The SMILES string of the molecule is c1ccc2c(c1)NB1c3sc4c(c3-c3ccccc3N12)-c1ccccc1N1B4Nc2ccccc21. The van der Waals surface area contributed by atoms with Crippen LogP contribution in [0.2, 0.25) is 0 Å². The first kappa shape index (κ1) is 18.3. The molecule has 2 N–H and O–H groups in total. The van der Waals surface area contributed by atoms with Crippen molar-refractivity contribution in [2.75, 3.05) is 20.1 Å². The maximum Gasteiger partial charge on any atom is 0.424 e. The zero-order valence-electron chi connectivity index (χ0n) is 18.7. The summed E-state index contributed by atoms with van der Waals surface area (Å²) in [6.07, 6.45) is 0. The van der Waals surface area contributed by atoms with Crippen LogP contribution in [0.15, 0.2) is 97.1 Å². The molecule has 5 aromatic rings. The summed E-state index contributed by atoms with van der Waals surface area (Å²) in [5.41, 5.74) is 12.8. The van der Waals surface area contributed by atoms with Crippen LogP contribution in [0.5, 0.6) is 0 Å². The Balaban J connectivity index is 1.36. The molecule has 1 aromatic heterocycles. The van der Waals surface area contributed by atoms with E-state index >= 15 is 0 Å². The number of para-hydroxylation sites is 6. The molecule has 162 valence electrons. The van der Waals surface area contributed by atoms with Gasteiger partial charge < -0.3 is 20.1 Å². The predicted octanol–water partition coefficient (Wildman–Crippen LogP) is 5.63. The normalized spacial score (nSPS) is 15.1. The fourth-order valence-corrected chi connectivity index (χ4v) is 7.81. The van der Waals surface area contributed by atoms with Crippen molar-refractivity contribution in [3.8, 4) is 22.3 Å². The van der Waals surface area contributed by atoms with Crippen LogP contribution < -0.4 is 29.6 Å². The summed E-state index contributed by atoms with van der Waals surface area (Å²) in [7, 11) is 0. The van der Waals surface area contributed by atoms with Crippen molar-refractivity contribution in [3.63, 3.8) is 0 Å². The molecule has 0 fully saturated rings.